The van der Waals surface area contributed by atoms with Crippen LogP contribution in [0.5, 0.6) is 0 Å². The highest BCUT2D eigenvalue weighted by Crippen LogP contribution is 2.46. The van der Waals surface area contributed by atoms with Crippen LogP contribution in [0.25, 0.3) is 43.1 Å². The molecule has 0 aliphatic carbocycles. The second kappa shape index (κ2) is 13.7. The van der Waals surface area contributed by atoms with Crippen molar-refractivity contribution in [3.8, 4) is 0 Å². The second-order valence-corrected chi connectivity index (χ2v) is 14.4. The van der Waals surface area contributed by atoms with Crippen molar-refractivity contribution in [2.24, 2.45) is 0 Å². The molecule has 2 heterocycles. The Kier molecular flexibility index (Phi) is 9.34. The maximum atomic E-state index is 13.9. The van der Waals surface area contributed by atoms with Crippen LogP contribution in [-0.4, -0.2) is 111 Å². The summed E-state index contributed by atoms with van der Waals surface area (Å²) in [4.78, 5) is 83.3. The van der Waals surface area contributed by atoms with Crippen molar-refractivity contribution in [2.75, 3.05) is 53.9 Å². The fraction of sp³-hybridized carbons (Fsp3) is 0.350. The minimum Gasteiger partial charge on any atom is -0.440 e. The van der Waals surface area contributed by atoms with Crippen LogP contribution in [0, 0.1) is 0 Å². The van der Waals surface area contributed by atoms with Gasteiger partial charge in [0.25, 0.3) is 23.6 Å². The zero-order valence-corrected chi connectivity index (χ0v) is 30.7. The molecule has 0 bridgehead atoms. The van der Waals surface area contributed by atoms with Gasteiger partial charge in [0, 0.05) is 47.2 Å². The van der Waals surface area contributed by atoms with Gasteiger partial charge in [0.1, 0.15) is 11.2 Å². The summed E-state index contributed by atoms with van der Waals surface area (Å²) in [6.45, 7) is 7.67. The highest BCUT2D eigenvalue weighted by Gasteiger charge is 2.43. The summed E-state index contributed by atoms with van der Waals surface area (Å²) in [5, 5.41) is 4.59. The highest BCUT2D eigenvalue weighted by atomic mass is 16.6. The molecule has 6 amide bonds. The van der Waals surface area contributed by atoms with E-state index in [1.54, 1.807) is 76.2 Å². The Hall–Kier alpha value is -5.54. The van der Waals surface area contributed by atoms with Crippen LogP contribution < -0.4 is 0 Å². The van der Waals surface area contributed by atoms with E-state index in [0.29, 0.717) is 66.1 Å². The Labute approximate surface area is 309 Å². The van der Waals surface area contributed by atoms with Gasteiger partial charge in [0.05, 0.1) is 39.6 Å². The van der Waals surface area contributed by atoms with Crippen LogP contribution in [0.15, 0.2) is 48.5 Å². The van der Waals surface area contributed by atoms with Gasteiger partial charge in [-0.1, -0.05) is 24.3 Å². The zero-order valence-electron chi connectivity index (χ0n) is 30.7. The van der Waals surface area contributed by atoms with Crippen molar-refractivity contribution >= 4 is 78.9 Å². The lowest BCUT2D eigenvalue weighted by molar-refractivity contribution is -0.0493. The first-order valence-electron chi connectivity index (χ1n) is 17.3. The molecule has 14 nitrogen and oxygen atoms in total. The van der Waals surface area contributed by atoms with E-state index in [9.17, 15) is 28.8 Å². The maximum absolute atomic E-state index is 13.9. The Bertz CT molecular complexity index is 2130. The molecule has 5 aromatic carbocycles. The molecule has 0 aromatic heterocycles. The van der Waals surface area contributed by atoms with E-state index in [-0.39, 0.29) is 48.7 Å². The summed E-state index contributed by atoms with van der Waals surface area (Å²) in [6, 6.07) is 13.1. The molecule has 0 spiro atoms. The Morgan fingerprint density at radius 3 is 1.06 bits per heavy atom. The van der Waals surface area contributed by atoms with Crippen LogP contribution in [0.4, 0.5) is 9.59 Å². The minimum absolute atomic E-state index is 0.00814. The third-order valence-corrected chi connectivity index (χ3v) is 9.49. The maximum Gasteiger partial charge on any atom is 0.424 e. The number of amides is 6. The van der Waals surface area contributed by atoms with Crippen molar-refractivity contribution in [3.05, 3.63) is 70.8 Å². The first kappa shape index (κ1) is 36.8. The smallest absolute Gasteiger partial charge is 0.424 e. The van der Waals surface area contributed by atoms with Crippen LogP contribution in [0.2, 0.25) is 0 Å². The van der Waals surface area contributed by atoms with E-state index in [0.717, 1.165) is 0 Å². The molecule has 54 heavy (non-hydrogen) atoms. The van der Waals surface area contributed by atoms with E-state index < -0.39 is 47.0 Å². The number of rotatable bonds is 12. The van der Waals surface area contributed by atoms with Crippen molar-refractivity contribution < 1.29 is 57.2 Å². The summed E-state index contributed by atoms with van der Waals surface area (Å²) in [5.41, 5.74) is -1.77. The van der Waals surface area contributed by atoms with Crippen molar-refractivity contribution in [1.29, 1.82) is 0 Å². The molecule has 0 atom stereocenters. The molecule has 2 aliphatic heterocycles. The minimum atomic E-state index is -1.16. The third-order valence-electron chi connectivity index (χ3n) is 9.49. The van der Waals surface area contributed by atoms with E-state index in [1.165, 1.54) is 14.2 Å². The number of fused-ring (bicyclic) bond motifs is 2. The second-order valence-electron chi connectivity index (χ2n) is 14.4. The fourth-order valence-corrected chi connectivity index (χ4v) is 7.14. The quantitative estimate of drug-likeness (QED) is 0.0628. The van der Waals surface area contributed by atoms with Gasteiger partial charge in [-0.3, -0.25) is 19.2 Å². The lowest BCUT2D eigenvalue weighted by atomic mass is 9.82. The highest BCUT2D eigenvalue weighted by molar-refractivity contribution is 6.42. The van der Waals surface area contributed by atoms with Gasteiger partial charge in [0.15, 0.2) is 0 Å². The number of hydrogen-bond donors (Lipinski definition) is 0. The number of hydrogen-bond acceptors (Lipinski definition) is 12. The standard InChI is InChI=1S/C40H38N2O12/c1-39(2,19-51-17-15-49-5)53-37(47)41-33(43)25-11-7-21-23-9-13-27-32-28(14-10-24(30(23)32)22-8-12-26(34(41)44)31(25)29(21)22)36(46)42(35(27)45)38(48)54-40(3,4)20-52-18-16-50-6/h7-14H,15-20H2,1-6H3. The monoisotopic (exact) mass is 738 g/mol. The zero-order chi connectivity index (χ0) is 38.7. The molecule has 280 valence electrons. The summed E-state index contributed by atoms with van der Waals surface area (Å²) in [7, 11) is 3.06. The molecule has 0 saturated heterocycles. The number of benzene rings is 5. The molecular formula is C40H38N2O12. The molecule has 2 aliphatic rings. The molecule has 14 heteroatoms. The molecule has 0 fully saturated rings. The third kappa shape index (κ3) is 6.00. The average Bonchev–Trinajstić information content (AvgIpc) is 3.12. The molecule has 0 radical (unpaired) electrons. The van der Waals surface area contributed by atoms with Gasteiger partial charge in [-0.25, -0.2) is 9.59 Å². The summed E-state index contributed by atoms with van der Waals surface area (Å²) >= 11 is 0. The number of nitrogens with zero attached hydrogens (tertiary/aromatic N) is 2. The van der Waals surface area contributed by atoms with Gasteiger partial charge in [-0.2, -0.15) is 9.80 Å². The normalized spacial score (nSPS) is 14.7. The van der Waals surface area contributed by atoms with Crippen LogP contribution in [0.3, 0.4) is 0 Å². The van der Waals surface area contributed by atoms with Crippen LogP contribution in [0.1, 0.15) is 69.1 Å². The van der Waals surface area contributed by atoms with E-state index in [2.05, 4.69) is 0 Å². The van der Waals surface area contributed by atoms with Gasteiger partial charge in [-0.05, 0) is 84.3 Å². The van der Waals surface area contributed by atoms with Gasteiger partial charge in [0.2, 0.25) is 0 Å². The Morgan fingerprint density at radius 1 is 0.481 bits per heavy atom. The van der Waals surface area contributed by atoms with E-state index >= 15 is 0 Å². The number of ether oxygens (including phenoxy) is 6. The van der Waals surface area contributed by atoms with Crippen LogP contribution in [-0.2, 0) is 28.4 Å². The molecule has 5 aromatic rings. The molecule has 0 N–H and O–H groups in total. The van der Waals surface area contributed by atoms with E-state index in [1.807, 2.05) is 0 Å². The fourth-order valence-electron chi connectivity index (χ4n) is 7.14. The van der Waals surface area contributed by atoms with Gasteiger partial charge >= 0.3 is 12.2 Å². The Balaban J connectivity index is 1.26. The van der Waals surface area contributed by atoms with E-state index in [4.69, 9.17) is 28.4 Å². The Morgan fingerprint density at radius 2 is 0.778 bits per heavy atom. The largest absolute Gasteiger partial charge is 0.440 e. The predicted molar refractivity (Wildman–Crippen MR) is 195 cm³/mol. The molecular weight excluding hydrogens is 700 g/mol. The van der Waals surface area contributed by atoms with Crippen molar-refractivity contribution in [1.82, 2.24) is 9.80 Å². The van der Waals surface area contributed by atoms with Gasteiger partial charge in [-0.15, -0.1) is 0 Å². The number of carbonyl (C=O) groups is 6. The van der Waals surface area contributed by atoms with Crippen LogP contribution >= 0.6 is 0 Å². The lowest BCUT2D eigenvalue weighted by Crippen LogP contribution is -2.48. The van der Waals surface area contributed by atoms with Gasteiger partial charge < -0.3 is 28.4 Å². The average molecular weight is 739 g/mol. The summed E-state index contributed by atoms with van der Waals surface area (Å²) in [6.07, 6.45) is -2.25. The molecule has 0 saturated carbocycles. The summed E-state index contributed by atoms with van der Waals surface area (Å²) < 4.78 is 32.1. The number of methoxy groups -OCH3 is 2. The molecule has 0 unspecified atom stereocenters. The predicted octanol–water partition coefficient (Wildman–Crippen LogP) is 6.09. The topological polar surface area (TPSA) is 164 Å². The van der Waals surface area contributed by atoms with Crippen molar-refractivity contribution in [2.45, 2.75) is 38.9 Å². The first-order valence-corrected chi connectivity index (χ1v) is 17.3. The lowest BCUT2D eigenvalue weighted by Gasteiger charge is -2.31. The molecule has 7 rings (SSSR count). The number of carbonyl (C=O) groups excluding carboxylic acids is 6. The SMILES string of the molecule is COCCOCC(C)(C)OC(=O)N1C(=O)c2ccc3c4ccc5c6c(ccc(c7ccc(c2c37)C1=O)c64)C(=O)N(C(=O)OC(C)(C)COCCOC)C5=O. The first-order chi connectivity index (χ1) is 25.7. The number of imide groups is 6. The summed E-state index contributed by atoms with van der Waals surface area (Å²) in [5.74, 6) is -3.33. The van der Waals surface area contributed by atoms with Crippen molar-refractivity contribution in [3.63, 3.8) is 0 Å².